The molecule has 1 aliphatic rings. The number of fused-ring (bicyclic) bond motifs is 1. The van der Waals surface area contributed by atoms with Crippen molar-refractivity contribution in [2.75, 3.05) is 0 Å². The van der Waals surface area contributed by atoms with Crippen LogP contribution in [0.2, 0.25) is 0 Å². The van der Waals surface area contributed by atoms with Crippen molar-refractivity contribution in [3.05, 3.63) is 29.8 Å². The molecule has 0 bridgehead atoms. The molecule has 0 saturated carbocycles. The van der Waals surface area contributed by atoms with Crippen molar-refractivity contribution >= 4 is 0 Å². The molecule has 0 amide bonds. The maximum atomic E-state index is 11.4. The Balaban J connectivity index is 1.59. The van der Waals surface area contributed by atoms with E-state index >= 15 is 0 Å². The second-order valence-corrected chi connectivity index (χ2v) is 11.5. The predicted molar refractivity (Wildman–Crippen MR) is 129 cm³/mol. The highest BCUT2D eigenvalue weighted by atomic mass is 16.6. The van der Waals surface area contributed by atoms with Crippen molar-refractivity contribution < 1.29 is 9.84 Å². The summed E-state index contributed by atoms with van der Waals surface area (Å²) in [5.41, 5.74) is 1.41. The predicted octanol–water partition coefficient (Wildman–Crippen LogP) is 8.62. The molecule has 1 heterocycles. The third-order valence-corrected chi connectivity index (χ3v) is 7.45. The van der Waals surface area contributed by atoms with Crippen molar-refractivity contribution in [2.45, 2.75) is 130 Å². The molecule has 1 aromatic carbocycles. The van der Waals surface area contributed by atoms with Gasteiger partial charge in [0.1, 0.15) is 5.75 Å². The molecule has 0 aromatic heterocycles. The first kappa shape index (κ1) is 25.2. The van der Waals surface area contributed by atoms with Crippen LogP contribution in [0.3, 0.4) is 0 Å². The second kappa shape index (κ2) is 11.0. The number of ether oxygens (including phenoxy) is 1. The molecule has 172 valence electrons. The van der Waals surface area contributed by atoms with Crippen molar-refractivity contribution in [1.82, 2.24) is 0 Å². The van der Waals surface area contributed by atoms with Crippen LogP contribution in [0.5, 0.6) is 5.75 Å². The topological polar surface area (TPSA) is 29.5 Å². The molecule has 2 rings (SSSR count). The third kappa shape index (κ3) is 7.01. The molecule has 1 aliphatic heterocycles. The fourth-order valence-corrected chi connectivity index (χ4v) is 4.78. The lowest BCUT2D eigenvalue weighted by Gasteiger charge is -2.50. The minimum Gasteiger partial charge on any atom is -0.462 e. The quantitative estimate of drug-likeness (QED) is 0.345. The summed E-state index contributed by atoms with van der Waals surface area (Å²) < 4.78 is 6.17. The number of hydrogen-bond donors (Lipinski definition) is 1. The van der Waals surface area contributed by atoms with Gasteiger partial charge in [-0.1, -0.05) is 118 Å². The molecule has 0 spiro atoms. The molecule has 0 aliphatic carbocycles. The number of benzene rings is 1. The number of para-hydroxylation sites is 1. The fraction of sp³-hybridized carbons (Fsp3) is 0.786. The molecular weight excluding hydrogens is 368 g/mol. The molecule has 2 heteroatoms. The Hall–Kier alpha value is -1.02. The summed E-state index contributed by atoms with van der Waals surface area (Å²) in [4.78, 5) is 0. The monoisotopic (exact) mass is 416 g/mol. The molecule has 2 nitrogen and oxygen atoms in total. The van der Waals surface area contributed by atoms with E-state index in [1.807, 2.05) is 12.1 Å². The largest absolute Gasteiger partial charge is 0.462 e. The van der Waals surface area contributed by atoms with Gasteiger partial charge in [0.25, 0.3) is 0 Å². The smallest absolute Gasteiger partial charge is 0.213 e. The molecule has 30 heavy (non-hydrogen) atoms. The summed E-state index contributed by atoms with van der Waals surface area (Å²) in [6, 6.07) is 8.18. The van der Waals surface area contributed by atoms with Crippen LogP contribution < -0.4 is 4.74 Å². The molecule has 2 atom stereocenters. The zero-order valence-electron chi connectivity index (χ0n) is 20.7. The fourth-order valence-electron chi connectivity index (χ4n) is 4.78. The Kier molecular flexibility index (Phi) is 9.28. The van der Waals surface area contributed by atoms with E-state index in [9.17, 15) is 5.11 Å². The summed E-state index contributed by atoms with van der Waals surface area (Å²) in [5, 5.41) is 11.4. The van der Waals surface area contributed by atoms with Gasteiger partial charge in [-0.25, -0.2) is 0 Å². The Morgan fingerprint density at radius 2 is 1.33 bits per heavy atom. The van der Waals surface area contributed by atoms with Crippen LogP contribution in [0.25, 0.3) is 0 Å². The van der Waals surface area contributed by atoms with Crippen molar-refractivity contribution in [3.8, 4) is 5.75 Å². The van der Waals surface area contributed by atoms with Gasteiger partial charge in [-0.2, -0.15) is 0 Å². The van der Waals surface area contributed by atoms with Crippen LogP contribution in [-0.2, 0) is 0 Å². The average molecular weight is 417 g/mol. The molecule has 0 saturated heterocycles. The lowest BCUT2D eigenvalue weighted by Crippen LogP contribution is -2.54. The summed E-state index contributed by atoms with van der Waals surface area (Å²) >= 11 is 0. The van der Waals surface area contributed by atoms with Gasteiger partial charge in [0.2, 0.25) is 5.79 Å². The van der Waals surface area contributed by atoms with Gasteiger partial charge in [0.05, 0.1) is 0 Å². The zero-order chi connectivity index (χ0) is 22.3. The third-order valence-electron chi connectivity index (χ3n) is 7.45. The van der Waals surface area contributed by atoms with Gasteiger partial charge in [0, 0.05) is 11.8 Å². The SMILES string of the molecule is CC1c2ccccc2OC(O)(CCCCCCCCCCCCC(C)(C)C)C1(C)C. The lowest BCUT2D eigenvalue weighted by molar-refractivity contribution is -0.233. The van der Waals surface area contributed by atoms with E-state index in [2.05, 4.69) is 53.7 Å². The van der Waals surface area contributed by atoms with Crippen molar-refractivity contribution in [2.24, 2.45) is 10.8 Å². The summed E-state index contributed by atoms with van der Waals surface area (Å²) in [6.07, 6.45) is 15.2. The van der Waals surface area contributed by atoms with E-state index in [0.717, 1.165) is 12.2 Å². The Morgan fingerprint density at radius 3 is 1.90 bits per heavy atom. The summed E-state index contributed by atoms with van der Waals surface area (Å²) in [6.45, 7) is 13.5. The van der Waals surface area contributed by atoms with Gasteiger partial charge in [0.15, 0.2) is 0 Å². The standard InChI is InChI=1S/C28H48O2/c1-23-24-19-15-16-20-25(24)30-28(29,27(23,5)6)22-18-14-12-10-8-7-9-11-13-17-21-26(2,3)4/h15-16,19-20,23,29H,7-14,17-18,21-22H2,1-6H3. The molecule has 0 radical (unpaired) electrons. The first-order chi connectivity index (χ1) is 14.1. The van der Waals surface area contributed by atoms with Crippen LogP contribution in [0, 0.1) is 10.8 Å². The van der Waals surface area contributed by atoms with E-state index in [-0.39, 0.29) is 11.3 Å². The Labute approximate surface area is 186 Å². The molecule has 2 unspecified atom stereocenters. The minimum absolute atomic E-state index is 0.274. The summed E-state index contributed by atoms with van der Waals surface area (Å²) in [7, 11) is 0. The van der Waals surface area contributed by atoms with Gasteiger partial charge in [-0.3, -0.25) is 0 Å². The van der Waals surface area contributed by atoms with Crippen LogP contribution in [0.4, 0.5) is 0 Å². The number of hydrogen-bond acceptors (Lipinski definition) is 2. The highest BCUT2D eigenvalue weighted by Gasteiger charge is 2.52. The summed E-state index contributed by atoms with van der Waals surface area (Å²) in [5.74, 6) is 0.0542. The number of rotatable bonds is 12. The molecule has 1 N–H and O–H groups in total. The molecule has 0 fully saturated rings. The van der Waals surface area contributed by atoms with Crippen molar-refractivity contribution in [3.63, 3.8) is 0 Å². The van der Waals surface area contributed by atoms with E-state index in [4.69, 9.17) is 4.74 Å². The maximum absolute atomic E-state index is 11.4. The van der Waals surface area contributed by atoms with Gasteiger partial charge in [-0.05, 0) is 35.8 Å². The molecular formula is C28H48O2. The highest BCUT2D eigenvalue weighted by molar-refractivity contribution is 5.40. The number of unbranched alkanes of at least 4 members (excludes halogenated alkanes) is 9. The van der Waals surface area contributed by atoms with Gasteiger partial charge in [-0.15, -0.1) is 0 Å². The van der Waals surface area contributed by atoms with Gasteiger partial charge >= 0.3 is 0 Å². The van der Waals surface area contributed by atoms with E-state index in [1.54, 1.807) is 0 Å². The normalized spacial score (nSPS) is 23.1. The first-order valence-electron chi connectivity index (χ1n) is 12.6. The van der Waals surface area contributed by atoms with Gasteiger partial charge < -0.3 is 9.84 Å². The maximum Gasteiger partial charge on any atom is 0.213 e. The van der Waals surface area contributed by atoms with E-state index in [1.165, 1.54) is 69.8 Å². The first-order valence-corrected chi connectivity index (χ1v) is 12.6. The van der Waals surface area contributed by atoms with Crippen LogP contribution in [0.15, 0.2) is 24.3 Å². The van der Waals surface area contributed by atoms with Crippen LogP contribution >= 0.6 is 0 Å². The second-order valence-electron chi connectivity index (χ2n) is 11.5. The zero-order valence-corrected chi connectivity index (χ0v) is 20.7. The van der Waals surface area contributed by atoms with E-state index in [0.29, 0.717) is 11.8 Å². The Morgan fingerprint density at radius 1 is 0.833 bits per heavy atom. The number of aliphatic hydroxyl groups is 1. The Bertz CT molecular complexity index is 628. The van der Waals surface area contributed by atoms with Crippen LogP contribution in [0.1, 0.15) is 130 Å². The minimum atomic E-state index is -1.08. The van der Waals surface area contributed by atoms with Crippen molar-refractivity contribution in [1.29, 1.82) is 0 Å². The van der Waals surface area contributed by atoms with E-state index < -0.39 is 5.79 Å². The lowest BCUT2D eigenvalue weighted by atomic mass is 9.67. The highest BCUT2D eigenvalue weighted by Crippen LogP contribution is 2.53. The average Bonchev–Trinajstić information content (AvgIpc) is 2.67. The van der Waals surface area contributed by atoms with Crippen LogP contribution in [-0.4, -0.2) is 10.9 Å². The molecule has 1 aromatic rings.